The highest BCUT2D eigenvalue weighted by Gasteiger charge is 2.27. The summed E-state index contributed by atoms with van der Waals surface area (Å²) in [7, 11) is 0. The molecule has 0 radical (unpaired) electrons. The van der Waals surface area contributed by atoms with Gasteiger partial charge < -0.3 is 4.98 Å². The number of aromatic nitrogens is 2. The van der Waals surface area contributed by atoms with Gasteiger partial charge in [0, 0.05) is 18.0 Å². The molecule has 2 nitrogen and oxygen atoms in total. The Morgan fingerprint density at radius 3 is 2.61 bits per heavy atom. The number of aromatic amines is 1. The summed E-state index contributed by atoms with van der Waals surface area (Å²) in [5.74, 6) is 3.26. The van der Waals surface area contributed by atoms with E-state index in [4.69, 9.17) is 4.98 Å². The van der Waals surface area contributed by atoms with Gasteiger partial charge in [0.05, 0.1) is 5.69 Å². The molecule has 1 aliphatic rings. The fourth-order valence-corrected chi connectivity index (χ4v) is 2.88. The van der Waals surface area contributed by atoms with Crippen molar-refractivity contribution in [1.29, 1.82) is 0 Å². The maximum absolute atomic E-state index is 4.86. The first-order valence-electron chi connectivity index (χ1n) is 7.35. The number of fused-ring (bicyclic) bond motifs is 1. The van der Waals surface area contributed by atoms with Crippen LogP contribution in [0.3, 0.4) is 0 Å². The predicted octanol–water partition coefficient (Wildman–Crippen LogP) is 4.32. The van der Waals surface area contributed by atoms with E-state index in [1.54, 1.807) is 0 Å². The van der Waals surface area contributed by atoms with E-state index in [0.29, 0.717) is 17.3 Å². The van der Waals surface area contributed by atoms with Gasteiger partial charge in [-0.25, -0.2) is 4.98 Å². The lowest BCUT2D eigenvalue weighted by Crippen LogP contribution is -2.20. The zero-order chi connectivity index (χ0) is 13.5. The summed E-state index contributed by atoms with van der Waals surface area (Å²) in [6.07, 6.45) is 3.53. The van der Waals surface area contributed by atoms with Crippen molar-refractivity contribution < 1.29 is 0 Å². The molecule has 2 rings (SSSR count). The van der Waals surface area contributed by atoms with Gasteiger partial charge in [-0.1, -0.05) is 41.5 Å². The molecule has 1 heterocycles. The monoisotopic (exact) mass is 248 g/mol. The van der Waals surface area contributed by atoms with Crippen molar-refractivity contribution in [3.05, 3.63) is 17.2 Å². The molecule has 0 fully saturated rings. The highest BCUT2D eigenvalue weighted by Crippen LogP contribution is 2.34. The zero-order valence-corrected chi connectivity index (χ0v) is 12.8. The topological polar surface area (TPSA) is 28.7 Å². The molecule has 1 aromatic rings. The molecule has 0 aromatic carbocycles. The van der Waals surface area contributed by atoms with Gasteiger partial charge in [-0.05, 0) is 30.1 Å². The quantitative estimate of drug-likeness (QED) is 0.829. The van der Waals surface area contributed by atoms with E-state index < -0.39 is 0 Å². The lowest BCUT2D eigenvalue weighted by Gasteiger charge is -2.26. The standard InChI is InChI=1S/C16H28N2/c1-10-7-11(2)15-13(8-10)17-14(18-15)9-12(3)16(4,5)6/h10-12H,7-9H2,1-6H3,(H,17,18). The van der Waals surface area contributed by atoms with Crippen molar-refractivity contribution in [3.8, 4) is 0 Å². The zero-order valence-electron chi connectivity index (χ0n) is 12.8. The normalized spacial score (nSPS) is 25.9. The average Bonchev–Trinajstić information content (AvgIpc) is 2.58. The molecule has 3 unspecified atom stereocenters. The molecule has 0 amide bonds. The van der Waals surface area contributed by atoms with Crippen molar-refractivity contribution >= 4 is 0 Å². The highest BCUT2D eigenvalue weighted by atomic mass is 14.9. The fourth-order valence-electron chi connectivity index (χ4n) is 2.88. The number of H-pyrrole nitrogens is 1. The molecule has 3 atom stereocenters. The second-order valence-corrected chi connectivity index (χ2v) is 7.46. The lowest BCUT2D eigenvalue weighted by molar-refractivity contribution is 0.257. The smallest absolute Gasteiger partial charge is 0.106 e. The Bertz CT molecular complexity index is 411. The SMILES string of the molecule is CC1Cc2[nH]c(CC(C)C(C)(C)C)nc2C(C)C1. The third-order valence-electron chi connectivity index (χ3n) is 4.61. The summed E-state index contributed by atoms with van der Waals surface area (Å²) in [5, 5.41) is 0. The van der Waals surface area contributed by atoms with Crippen LogP contribution in [0, 0.1) is 17.3 Å². The number of nitrogens with one attached hydrogen (secondary N) is 1. The Balaban J connectivity index is 2.15. The van der Waals surface area contributed by atoms with E-state index in [1.165, 1.54) is 30.1 Å². The van der Waals surface area contributed by atoms with Gasteiger partial charge in [-0.3, -0.25) is 0 Å². The van der Waals surface area contributed by atoms with E-state index in [0.717, 1.165) is 12.3 Å². The van der Waals surface area contributed by atoms with Gasteiger partial charge in [0.2, 0.25) is 0 Å². The van der Waals surface area contributed by atoms with E-state index in [9.17, 15) is 0 Å². The summed E-state index contributed by atoms with van der Waals surface area (Å²) in [5.41, 5.74) is 3.09. The van der Waals surface area contributed by atoms with Gasteiger partial charge in [-0.2, -0.15) is 0 Å². The molecule has 102 valence electrons. The molecule has 1 N–H and O–H groups in total. The van der Waals surface area contributed by atoms with Crippen molar-refractivity contribution in [2.24, 2.45) is 17.3 Å². The molecule has 0 saturated heterocycles. The van der Waals surface area contributed by atoms with E-state index in [1.807, 2.05) is 0 Å². The van der Waals surface area contributed by atoms with Crippen LogP contribution in [0.5, 0.6) is 0 Å². The molecular formula is C16H28N2. The van der Waals surface area contributed by atoms with Crippen LogP contribution >= 0.6 is 0 Å². The first-order valence-corrected chi connectivity index (χ1v) is 7.35. The molecule has 1 aromatic heterocycles. The molecule has 0 bridgehead atoms. The molecule has 0 saturated carbocycles. The molecular weight excluding hydrogens is 220 g/mol. The Morgan fingerprint density at radius 2 is 2.00 bits per heavy atom. The molecule has 0 spiro atoms. The van der Waals surface area contributed by atoms with Crippen LogP contribution in [0.1, 0.15) is 71.1 Å². The van der Waals surface area contributed by atoms with Gasteiger partial charge in [0.15, 0.2) is 0 Å². The Hall–Kier alpha value is -0.790. The first kappa shape index (κ1) is 13.6. The van der Waals surface area contributed by atoms with Crippen LogP contribution < -0.4 is 0 Å². The Labute approximate surface area is 112 Å². The maximum Gasteiger partial charge on any atom is 0.106 e. The molecule has 2 heteroatoms. The maximum atomic E-state index is 4.86. The highest BCUT2D eigenvalue weighted by molar-refractivity contribution is 5.22. The Morgan fingerprint density at radius 1 is 1.33 bits per heavy atom. The third kappa shape index (κ3) is 2.78. The van der Waals surface area contributed by atoms with Crippen LogP contribution in [-0.4, -0.2) is 9.97 Å². The fraction of sp³-hybridized carbons (Fsp3) is 0.812. The van der Waals surface area contributed by atoms with Crippen molar-refractivity contribution in [2.45, 2.75) is 66.7 Å². The summed E-state index contributed by atoms with van der Waals surface area (Å²) in [4.78, 5) is 8.45. The third-order valence-corrected chi connectivity index (χ3v) is 4.61. The van der Waals surface area contributed by atoms with Crippen molar-refractivity contribution in [3.63, 3.8) is 0 Å². The number of imidazole rings is 1. The van der Waals surface area contributed by atoms with E-state index in [2.05, 4.69) is 46.5 Å². The van der Waals surface area contributed by atoms with Gasteiger partial charge in [-0.15, -0.1) is 0 Å². The number of hydrogen-bond donors (Lipinski definition) is 1. The molecule has 1 aliphatic carbocycles. The van der Waals surface area contributed by atoms with Crippen molar-refractivity contribution in [2.75, 3.05) is 0 Å². The van der Waals surface area contributed by atoms with Gasteiger partial charge in [0.1, 0.15) is 5.82 Å². The summed E-state index contributed by atoms with van der Waals surface area (Å²) < 4.78 is 0. The summed E-state index contributed by atoms with van der Waals surface area (Å²) in [6, 6.07) is 0. The van der Waals surface area contributed by atoms with Gasteiger partial charge in [0.25, 0.3) is 0 Å². The molecule has 18 heavy (non-hydrogen) atoms. The van der Waals surface area contributed by atoms with Gasteiger partial charge >= 0.3 is 0 Å². The predicted molar refractivity (Wildman–Crippen MR) is 76.8 cm³/mol. The molecule has 0 aliphatic heterocycles. The summed E-state index contributed by atoms with van der Waals surface area (Å²) in [6.45, 7) is 13.9. The average molecular weight is 248 g/mol. The minimum atomic E-state index is 0.353. The van der Waals surface area contributed by atoms with Crippen LogP contribution in [0.2, 0.25) is 0 Å². The van der Waals surface area contributed by atoms with E-state index >= 15 is 0 Å². The Kier molecular flexibility index (Phi) is 3.57. The largest absolute Gasteiger partial charge is 0.346 e. The second-order valence-electron chi connectivity index (χ2n) is 7.46. The van der Waals surface area contributed by atoms with Crippen LogP contribution in [-0.2, 0) is 12.8 Å². The van der Waals surface area contributed by atoms with E-state index in [-0.39, 0.29) is 0 Å². The minimum Gasteiger partial charge on any atom is -0.346 e. The van der Waals surface area contributed by atoms with Crippen molar-refractivity contribution in [1.82, 2.24) is 9.97 Å². The van der Waals surface area contributed by atoms with Crippen LogP contribution in [0.25, 0.3) is 0 Å². The number of hydrogen-bond acceptors (Lipinski definition) is 1. The summed E-state index contributed by atoms with van der Waals surface area (Å²) >= 11 is 0. The first-order chi connectivity index (χ1) is 8.27. The lowest BCUT2D eigenvalue weighted by atomic mass is 9.80. The van der Waals surface area contributed by atoms with Crippen LogP contribution in [0.4, 0.5) is 0 Å². The van der Waals surface area contributed by atoms with Crippen LogP contribution in [0.15, 0.2) is 0 Å². The number of rotatable bonds is 2. The number of nitrogens with zero attached hydrogens (tertiary/aromatic N) is 1. The minimum absolute atomic E-state index is 0.353. The second kappa shape index (κ2) is 4.71.